The fraction of sp³-hybridized carbons (Fsp3) is 0.545. The predicted octanol–water partition coefficient (Wildman–Crippen LogP) is 3.14. The van der Waals surface area contributed by atoms with E-state index in [1.807, 2.05) is 4.90 Å². The first-order valence-corrected chi connectivity index (χ1v) is 10.5. The summed E-state index contributed by atoms with van der Waals surface area (Å²) in [7, 11) is 0. The number of alkyl halides is 1. The number of aryl methyl sites for hydroxylation is 1. The van der Waals surface area contributed by atoms with Crippen molar-refractivity contribution in [2.45, 2.75) is 56.8 Å². The van der Waals surface area contributed by atoms with Crippen molar-refractivity contribution < 1.29 is 18.7 Å². The van der Waals surface area contributed by atoms with E-state index in [2.05, 4.69) is 0 Å². The molecule has 2 aromatic rings. The van der Waals surface area contributed by atoms with Crippen LogP contribution < -0.4 is 16.1 Å². The van der Waals surface area contributed by atoms with E-state index < -0.39 is 35.0 Å². The summed E-state index contributed by atoms with van der Waals surface area (Å²) in [6.07, 6.45) is 4.31. The Hall–Kier alpha value is -2.48. The van der Waals surface area contributed by atoms with Gasteiger partial charge in [0.15, 0.2) is 0 Å². The van der Waals surface area contributed by atoms with Gasteiger partial charge in [-0.2, -0.15) is 0 Å². The van der Waals surface area contributed by atoms with Gasteiger partial charge in [0.1, 0.15) is 17.6 Å². The number of rotatable bonds is 3. The number of nitrogens with two attached hydrogens (primary N) is 1. The van der Waals surface area contributed by atoms with Crippen LogP contribution in [0.15, 0.2) is 17.1 Å². The number of nitrogens with zero attached hydrogens (tertiary/aromatic N) is 2. The molecule has 8 heteroatoms. The molecule has 2 saturated carbocycles. The van der Waals surface area contributed by atoms with Gasteiger partial charge in [-0.15, -0.1) is 0 Å². The van der Waals surface area contributed by atoms with Crippen LogP contribution in [0.25, 0.3) is 10.9 Å². The first kappa shape index (κ1) is 19.5. The van der Waals surface area contributed by atoms with Crippen molar-refractivity contribution in [3.05, 3.63) is 39.4 Å². The summed E-state index contributed by atoms with van der Waals surface area (Å²) in [5, 5.41) is 9.39. The molecule has 6 nitrogen and oxygen atoms in total. The molecule has 3 fully saturated rings. The van der Waals surface area contributed by atoms with Crippen molar-refractivity contribution in [2.75, 3.05) is 18.0 Å². The first-order valence-electron chi connectivity index (χ1n) is 10.5. The molecule has 1 saturated heterocycles. The Morgan fingerprint density at radius 1 is 1.37 bits per heavy atom. The summed E-state index contributed by atoms with van der Waals surface area (Å²) in [6.45, 7) is 2.92. The van der Waals surface area contributed by atoms with E-state index in [9.17, 15) is 19.1 Å². The molecule has 1 aromatic carbocycles. The number of carboxylic acid groups (broad SMARTS) is 1. The van der Waals surface area contributed by atoms with Crippen molar-refractivity contribution >= 4 is 22.6 Å². The van der Waals surface area contributed by atoms with Gasteiger partial charge in [-0.1, -0.05) is 6.42 Å². The molecule has 0 amide bonds. The number of hydrogen-bond acceptors (Lipinski definition) is 4. The number of hydrogen-bond donors (Lipinski definition) is 2. The summed E-state index contributed by atoms with van der Waals surface area (Å²) >= 11 is 0. The Bertz CT molecular complexity index is 1130. The third-order valence-corrected chi connectivity index (χ3v) is 7.30. The molecule has 160 valence electrons. The summed E-state index contributed by atoms with van der Waals surface area (Å²) in [4.78, 5) is 26.2. The molecule has 30 heavy (non-hydrogen) atoms. The number of fused-ring (bicyclic) bond motifs is 2. The molecule has 4 atom stereocenters. The minimum absolute atomic E-state index is 0.0223. The van der Waals surface area contributed by atoms with E-state index >= 15 is 4.39 Å². The van der Waals surface area contributed by atoms with Gasteiger partial charge >= 0.3 is 5.97 Å². The zero-order valence-corrected chi connectivity index (χ0v) is 16.8. The lowest BCUT2D eigenvalue weighted by Crippen LogP contribution is -2.57. The zero-order chi connectivity index (χ0) is 21.4. The highest BCUT2D eigenvalue weighted by atomic mass is 19.1. The maximum Gasteiger partial charge on any atom is 0.341 e. The van der Waals surface area contributed by atoms with E-state index in [0.29, 0.717) is 35.8 Å². The van der Waals surface area contributed by atoms with Crippen molar-refractivity contribution in [2.24, 2.45) is 11.7 Å². The fourth-order valence-corrected chi connectivity index (χ4v) is 5.66. The standard InChI is InChI=1S/C22H25F2N3O3/c1-11-18-13(20(28)14(21(29)30)9-27(18)17-8-15(17)23)7-16(24)19(11)26-6-4-12-3-2-5-22(12,25)10-26/h7,9,12,15,17H,2-6,8,10,25H2,1H3,(H,29,30)/t12?,15?,17?,22-/m1/s1. The molecule has 5 rings (SSSR count). The third-order valence-electron chi connectivity index (χ3n) is 7.30. The summed E-state index contributed by atoms with van der Waals surface area (Å²) < 4.78 is 30.8. The van der Waals surface area contributed by atoms with Crippen LogP contribution in [-0.4, -0.2) is 40.4 Å². The molecule has 0 radical (unpaired) electrons. The summed E-state index contributed by atoms with van der Waals surface area (Å²) in [5.74, 6) is -1.53. The molecule has 3 unspecified atom stereocenters. The van der Waals surface area contributed by atoms with Crippen LogP contribution in [-0.2, 0) is 0 Å². The number of piperidine rings is 1. The molecule has 1 aromatic heterocycles. The Balaban J connectivity index is 1.70. The Kier molecular flexibility index (Phi) is 4.23. The van der Waals surface area contributed by atoms with E-state index in [4.69, 9.17) is 5.73 Å². The highest BCUT2D eigenvalue weighted by Gasteiger charge is 2.45. The molecule has 0 bridgehead atoms. The normalized spacial score (nSPS) is 30.5. The second kappa shape index (κ2) is 6.51. The van der Waals surface area contributed by atoms with Gasteiger partial charge in [0.05, 0.1) is 17.2 Å². The number of carboxylic acids is 1. The smallest absolute Gasteiger partial charge is 0.341 e. The van der Waals surface area contributed by atoms with E-state index in [0.717, 1.165) is 31.7 Å². The highest BCUT2D eigenvalue weighted by molar-refractivity contribution is 5.95. The summed E-state index contributed by atoms with van der Waals surface area (Å²) in [6, 6.07) is 0.576. The number of halogens is 2. The molecular weight excluding hydrogens is 392 g/mol. The Morgan fingerprint density at radius 2 is 2.10 bits per heavy atom. The number of carbonyl (C=O) groups is 1. The molecule has 1 aliphatic heterocycles. The van der Waals surface area contributed by atoms with Crippen LogP contribution in [0.5, 0.6) is 0 Å². The van der Waals surface area contributed by atoms with E-state index in [1.165, 1.54) is 10.8 Å². The molecular formula is C22H25F2N3O3. The predicted molar refractivity (Wildman–Crippen MR) is 110 cm³/mol. The maximum absolute atomic E-state index is 15.3. The average molecular weight is 417 g/mol. The minimum atomic E-state index is -1.40. The number of aromatic carboxylic acids is 1. The van der Waals surface area contributed by atoms with Gasteiger partial charge in [-0.25, -0.2) is 13.6 Å². The Labute approximate surface area is 172 Å². The largest absolute Gasteiger partial charge is 0.477 e. The van der Waals surface area contributed by atoms with Crippen molar-refractivity contribution in [1.29, 1.82) is 0 Å². The number of anilines is 1. The minimum Gasteiger partial charge on any atom is -0.477 e. The first-order chi connectivity index (χ1) is 14.2. The zero-order valence-electron chi connectivity index (χ0n) is 16.8. The van der Waals surface area contributed by atoms with Crippen molar-refractivity contribution in [1.82, 2.24) is 4.57 Å². The average Bonchev–Trinajstić information content (AvgIpc) is 3.27. The van der Waals surface area contributed by atoms with Gasteiger partial charge < -0.3 is 20.3 Å². The number of aromatic nitrogens is 1. The van der Waals surface area contributed by atoms with Gasteiger partial charge in [0.25, 0.3) is 0 Å². The van der Waals surface area contributed by atoms with Crippen LogP contribution in [0, 0.1) is 18.7 Å². The summed E-state index contributed by atoms with van der Waals surface area (Å²) in [5.41, 5.74) is 6.40. The second-order valence-electron chi connectivity index (χ2n) is 9.16. The highest BCUT2D eigenvalue weighted by Crippen LogP contribution is 2.45. The van der Waals surface area contributed by atoms with Crippen LogP contribution in [0.2, 0.25) is 0 Å². The van der Waals surface area contributed by atoms with E-state index in [1.54, 1.807) is 6.92 Å². The lowest BCUT2D eigenvalue weighted by Gasteiger charge is -2.44. The quantitative estimate of drug-likeness (QED) is 0.801. The van der Waals surface area contributed by atoms with Crippen LogP contribution in [0.1, 0.15) is 54.1 Å². The van der Waals surface area contributed by atoms with Crippen molar-refractivity contribution in [3.8, 4) is 0 Å². The maximum atomic E-state index is 15.3. The topological polar surface area (TPSA) is 88.6 Å². The SMILES string of the molecule is Cc1c(N2CCC3CCC[C@@]3(N)C2)c(F)cc2c(=O)c(C(=O)O)cn(C3CC3F)c12. The van der Waals surface area contributed by atoms with Gasteiger partial charge in [0, 0.05) is 36.6 Å². The lowest BCUT2D eigenvalue weighted by atomic mass is 9.81. The molecule has 2 aliphatic carbocycles. The van der Waals surface area contributed by atoms with Gasteiger partial charge in [-0.3, -0.25) is 4.79 Å². The van der Waals surface area contributed by atoms with Crippen LogP contribution in [0.3, 0.4) is 0 Å². The molecule has 3 aliphatic rings. The van der Waals surface area contributed by atoms with Crippen molar-refractivity contribution in [3.63, 3.8) is 0 Å². The molecule has 0 spiro atoms. The number of pyridine rings is 1. The van der Waals surface area contributed by atoms with Crippen LogP contribution >= 0.6 is 0 Å². The van der Waals surface area contributed by atoms with Crippen LogP contribution in [0.4, 0.5) is 14.5 Å². The Morgan fingerprint density at radius 3 is 2.77 bits per heavy atom. The third kappa shape index (κ3) is 2.76. The van der Waals surface area contributed by atoms with E-state index in [-0.39, 0.29) is 17.3 Å². The lowest BCUT2D eigenvalue weighted by molar-refractivity contribution is 0.0694. The van der Waals surface area contributed by atoms with Gasteiger partial charge in [0.2, 0.25) is 5.43 Å². The van der Waals surface area contributed by atoms with Gasteiger partial charge in [-0.05, 0) is 43.7 Å². The fourth-order valence-electron chi connectivity index (χ4n) is 5.66. The monoisotopic (exact) mass is 417 g/mol. The molecule has 3 N–H and O–H groups in total. The number of benzene rings is 1. The second-order valence-corrected chi connectivity index (χ2v) is 9.16. The molecule has 2 heterocycles.